The fourth-order valence-corrected chi connectivity index (χ4v) is 8.78. The van der Waals surface area contributed by atoms with Crippen molar-refractivity contribution in [3.63, 3.8) is 0 Å². The first kappa shape index (κ1) is 29.6. The summed E-state index contributed by atoms with van der Waals surface area (Å²) in [5.74, 6) is -1.46. The Morgan fingerprint density at radius 2 is 1.69 bits per heavy atom. The second-order valence-electron chi connectivity index (χ2n) is 13.9. The average Bonchev–Trinajstić information content (AvgIpc) is 3.25. The van der Waals surface area contributed by atoms with Crippen LogP contribution in [0.2, 0.25) is 0 Å². The molecule has 5 aliphatic rings. The Morgan fingerprint density at radius 1 is 0.933 bits per heavy atom. The van der Waals surface area contributed by atoms with E-state index in [4.69, 9.17) is 4.74 Å². The van der Waals surface area contributed by atoms with E-state index in [-0.39, 0.29) is 24.7 Å². The Balaban J connectivity index is 0.837. The molecule has 2 N–H and O–H groups in total. The van der Waals surface area contributed by atoms with Crippen LogP contribution in [0.5, 0.6) is 0 Å². The summed E-state index contributed by atoms with van der Waals surface area (Å²) in [6, 6.07) is 14.0. The van der Waals surface area contributed by atoms with Gasteiger partial charge in [-0.15, -0.1) is 0 Å². The maximum Gasteiger partial charge on any atom is 0.320 e. The van der Waals surface area contributed by atoms with E-state index in [1.165, 1.54) is 25.7 Å². The number of likely N-dealkylation sites (tertiary alicyclic amines) is 1. The summed E-state index contributed by atoms with van der Waals surface area (Å²) in [7, 11) is 0. The standard InChI is InChI=1S/C35H40N4O6/c40-28-10-9-27(31(42)37-28)39-32(43)25-7-4-8-26(30(25)33(39)44)36-14-11-24-17-35(18-24)21-34(22-35)12-15-38(16-13-34)19-29(41)45-20-23-5-2-1-3-6-23/h1-8,24,27,36H,9-22H2,(H,37,40,42). The van der Waals surface area contributed by atoms with Gasteiger partial charge in [-0.1, -0.05) is 36.4 Å². The molecule has 2 aliphatic carbocycles. The minimum absolute atomic E-state index is 0.101. The molecule has 2 spiro atoms. The van der Waals surface area contributed by atoms with Gasteiger partial charge in [-0.05, 0) is 98.9 Å². The van der Waals surface area contributed by atoms with E-state index in [2.05, 4.69) is 15.5 Å². The molecule has 10 heteroatoms. The zero-order chi connectivity index (χ0) is 31.2. The lowest BCUT2D eigenvalue weighted by molar-refractivity contribution is -0.157. The Labute approximate surface area is 262 Å². The van der Waals surface area contributed by atoms with Crippen LogP contribution in [0.25, 0.3) is 0 Å². The molecule has 3 heterocycles. The fraction of sp³-hybridized carbons (Fsp3) is 0.514. The molecule has 2 saturated carbocycles. The van der Waals surface area contributed by atoms with Gasteiger partial charge in [-0.3, -0.25) is 39.1 Å². The zero-order valence-corrected chi connectivity index (χ0v) is 25.5. The number of ether oxygens (including phenoxy) is 1. The van der Waals surface area contributed by atoms with Gasteiger partial charge in [0.25, 0.3) is 11.8 Å². The molecule has 2 saturated heterocycles. The first-order valence-corrected chi connectivity index (χ1v) is 16.2. The van der Waals surface area contributed by atoms with Gasteiger partial charge in [0.2, 0.25) is 11.8 Å². The molecule has 7 rings (SSSR count). The van der Waals surface area contributed by atoms with Crippen molar-refractivity contribution in [2.45, 2.75) is 70.4 Å². The van der Waals surface area contributed by atoms with Crippen LogP contribution in [0.15, 0.2) is 48.5 Å². The van der Waals surface area contributed by atoms with Gasteiger partial charge in [0.1, 0.15) is 12.6 Å². The summed E-state index contributed by atoms with van der Waals surface area (Å²) in [6.45, 7) is 3.30. The van der Waals surface area contributed by atoms with Crippen molar-refractivity contribution >= 4 is 35.3 Å². The summed E-state index contributed by atoms with van der Waals surface area (Å²) in [5.41, 5.74) is 3.14. The number of hydrogen-bond donors (Lipinski definition) is 2. The smallest absolute Gasteiger partial charge is 0.320 e. The third-order valence-electron chi connectivity index (χ3n) is 10.8. The van der Waals surface area contributed by atoms with Crippen LogP contribution in [0.3, 0.4) is 0 Å². The van der Waals surface area contributed by atoms with Crippen LogP contribution in [0.1, 0.15) is 84.1 Å². The number of hydrogen-bond acceptors (Lipinski definition) is 8. The van der Waals surface area contributed by atoms with E-state index in [1.807, 2.05) is 36.4 Å². The molecule has 3 aliphatic heterocycles. The normalized spacial score (nSPS) is 23.8. The highest BCUT2D eigenvalue weighted by molar-refractivity contribution is 6.25. The number of rotatable bonds is 9. The summed E-state index contributed by atoms with van der Waals surface area (Å²) < 4.78 is 5.48. The van der Waals surface area contributed by atoms with Crippen LogP contribution >= 0.6 is 0 Å². The monoisotopic (exact) mass is 612 g/mol. The van der Waals surface area contributed by atoms with Gasteiger partial charge >= 0.3 is 5.97 Å². The van der Waals surface area contributed by atoms with Gasteiger partial charge in [-0.2, -0.15) is 0 Å². The van der Waals surface area contributed by atoms with Crippen molar-refractivity contribution in [1.82, 2.24) is 15.1 Å². The second-order valence-corrected chi connectivity index (χ2v) is 13.9. The second kappa shape index (κ2) is 11.7. The first-order chi connectivity index (χ1) is 21.7. The molecule has 1 unspecified atom stereocenters. The summed E-state index contributed by atoms with van der Waals surface area (Å²) in [6.07, 6.45) is 8.58. The zero-order valence-electron chi connectivity index (χ0n) is 25.5. The predicted octanol–water partition coefficient (Wildman–Crippen LogP) is 3.91. The van der Waals surface area contributed by atoms with E-state index >= 15 is 0 Å². The molecule has 4 amide bonds. The molecular weight excluding hydrogens is 572 g/mol. The molecule has 0 aromatic heterocycles. The molecule has 1 atom stereocenters. The molecule has 10 nitrogen and oxygen atoms in total. The number of carbonyl (C=O) groups is 5. The lowest BCUT2D eigenvalue weighted by atomic mass is 9.40. The number of nitrogens with one attached hydrogen (secondary N) is 2. The van der Waals surface area contributed by atoms with Gasteiger partial charge in [-0.25, -0.2) is 0 Å². The molecule has 4 fully saturated rings. The Hall–Kier alpha value is -4.05. The van der Waals surface area contributed by atoms with Crippen LogP contribution in [-0.4, -0.2) is 71.6 Å². The number of fused-ring (bicyclic) bond motifs is 1. The number of esters is 1. The SMILES string of the molecule is O=C1CCC(N2C(=O)c3cccc(NCCC4CC5(C4)CC4(CCN(CC(=O)OCc6ccccc6)CC4)C5)c3C2=O)C(=O)N1. The Bertz CT molecular complexity index is 1520. The predicted molar refractivity (Wildman–Crippen MR) is 165 cm³/mol. The molecule has 0 radical (unpaired) electrons. The topological polar surface area (TPSA) is 125 Å². The Morgan fingerprint density at radius 3 is 2.42 bits per heavy atom. The highest BCUT2D eigenvalue weighted by atomic mass is 16.5. The molecule has 45 heavy (non-hydrogen) atoms. The lowest BCUT2D eigenvalue weighted by Gasteiger charge is -2.65. The van der Waals surface area contributed by atoms with E-state index in [0.717, 1.165) is 42.8 Å². The lowest BCUT2D eigenvalue weighted by Crippen LogP contribution is -2.57. The highest BCUT2D eigenvalue weighted by Gasteiger charge is 2.59. The molecule has 0 bridgehead atoms. The van der Waals surface area contributed by atoms with Crippen molar-refractivity contribution in [2.75, 3.05) is 31.5 Å². The number of piperidine rings is 2. The van der Waals surface area contributed by atoms with Crippen molar-refractivity contribution in [1.29, 1.82) is 0 Å². The number of benzene rings is 2. The largest absolute Gasteiger partial charge is 0.460 e. The summed E-state index contributed by atoms with van der Waals surface area (Å²) >= 11 is 0. The Kier molecular flexibility index (Phi) is 7.71. The van der Waals surface area contributed by atoms with E-state index in [0.29, 0.717) is 53.3 Å². The van der Waals surface area contributed by atoms with Crippen molar-refractivity contribution in [2.24, 2.45) is 16.7 Å². The number of anilines is 1. The molecule has 2 aromatic rings. The maximum absolute atomic E-state index is 13.3. The van der Waals surface area contributed by atoms with Crippen LogP contribution < -0.4 is 10.6 Å². The third kappa shape index (κ3) is 5.76. The molecule has 236 valence electrons. The summed E-state index contributed by atoms with van der Waals surface area (Å²) in [4.78, 5) is 66.0. The van der Waals surface area contributed by atoms with E-state index < -0.39 is 23.8 Å². The number of nitrogens with zero attached hydrogens (tertiary/aromatic N) is 2. The third-order valence-corrected chi connectivity index (χ3v) is 10.8. The minimum Gasteiger partial charge on any atom is -0.460 e. The van der Waals surface area contributed by atoms with Gasteiger partial charge in [0.15, 0.2) is 0 Å². The van der Waals surface area contributed by atoms with Crippen molar-refractivity contribution in [3.8, 4) is 0 Å². The van der Waals surface area contributed by atoms with E-state index in [1.54, 1.807) is 12.1 Å². The minimum atomic E-state index is -0.964. The maximum atomic E-state index is 13.3. The first-order valence-electron chi connectivity index (χ1n) is 16.2. The van der Waals surface area contributed by atoms with Gasteiger partial charge in [0, 0.05) is 18.7 Å². The number of carbonyl (C=O) groups excluding carboxylic acids is 5. The summed E-state index contributed by atoms with van der Waals surface area (Å²) in [5, 5.41) is 5.64. The quantitative estimate of drug-likeness (QED) is 0.323. The van der Waals surface area contributed by atoms with Gasteiger partial charge < -0.3 is 10.1 Å². The van der Waals surface area contributed by atoms with Crippen LogP contribution in [0, 0.1) is 16.7 Å². The number of imide groups is 2. The molecular formula is C35H40N4O6. The van der Waals surface area contributed by atoms with Crippen LogP contribution in [0.4, 0.5) is 5.69 Å². The van der Waals surface area contributed by atoms with Crippen molar-refractivity contribution in [3.05, 3.63) is 65.2 Å². The molecule has 2 aromatic carbocycles. The fourth-order valence-electron chi connectivity index (χ4n) is 8.78. The highest BCUT2D eigenvalue weighted by Crippen LogP contribution is 2.69. The van der Waals surface area contributed by atoms with Crippen molar-refractivity contribution < 1.29 is 28.7 Å². The average molecular weight is 613 g/mol. The van der Waals surface area contributed by atoms with E-state index in [9.17, 15) is 24.0 Å². The van der Waals surface area contributed by atoms with Gasteiger partial charge in [0.05, 0.1) is 17.7 Å². The number of amides is 4. The van der Waals surface area contributed by atoms with Crippen LogP contribution in [-0.2, 0) is 25.7 Å².